The number of carbonyl (C=O) groups excluding carboxylic acids is 1. The molecule has 0 aliphatic rings. The van der Waals surface area contributed by atoms with Gasteiger partial charge in [0, 0.05) is 5.92 Å². The van der Waals surface area contributed by atoms with Crippen molar-refractivity contribution in [1.29, 1.82) is 0 Å². The molecule has 1 amide bonds. The maximum atomic E-state index is 11.7. The Morgan fingerprint density at radius 3 is 2.19 bits per heavy atom. The van der Waals surface area contributed by atoms with E-state index in [4.69, 9.17) is 5.11 Å². The van der Waals surface area contributed by atoms with Gasteiger partial charge in [-0.05, 0) is 12.3 Å². The molecule has 0 aromatic heterocycles. The van der Waals surface area contributed by atoms with E-state index in [-0.39, 0.29) is 17.7 Å². The van der Waals surface area contributed by atoms with E-state index in [0.29, 0.717) is 0 Å². The third-order valence-corrected chi connectivity index (χ3v) is 2.67. The molecule has 0 heterocycles. The Morgan fingerprint density at radius 2 is 1.81 bits per heavy atom. The number of amides is 1. The first-order chi connectivity index (χ1) is 7.40. The number of hydrogen-bond acceptors (Lipinski definition) is 2. The number of carboxylic acid groups (broad SMARTS) is 1. The molecule has 4 heteroatoms. The van der Waals surface area contributed by atoms with Gasteiger partial charge in [0.05, 0.1) is 0 Å². The molecule has 0 rings (SSSR count). The van der Waals surface area contributed by atoms with Crippen molar-refractivity contribution in [2.24, 2.45) is 11.8 Å². The zero-order valence-electron chi connectivity index (χ0n) is 10.6. The van der Waals surface area contributed by atoms with Crippen LogP contribution in [0.1, 0.15) is 47.0 Å². The van der Waals surface area contributed by atoms with Crippen LogP contribution in [0.2, 0.25) is 0 Å². The summed E-state index contributed by atoms with van der Waals surface area (Å²) in [6.45, 7) is 7.48. The number of nitrogens with one attached hydrogen (secondary N) is 1. The van der Waals surface area contributed by atoms with E-state index in [9.17, 15) is 9.59 Å². The fourth-order valence-electron chi connectivity index (χ4n) is 1.45. The van der Waals surface area contributed by atoms with Crippen molar-refractivity contribution >= 4 is 11.9 Å². The second kappa shape index (κ2) is 7.25. The average molecular weight is 229 g/mol. The minimum atomic E-state index is -0.967. The van der Waals surface area contributed by atoms with Crippen LogP contribution < -0.4 is 5.32 Å². The van der Waals surface area contributed by atoms with Crippen LogP contribution in [0.25, 0.3) is 0 Å². The van der Waals surface area contributed by atoms with Gasteiger partial charge in [0.1, 0.15) is 6.04 Å². The quantitative estimate of drug-likeness (QED) is 0.702. The second-order valence-electron chi connectivity index (χ2n) is 4.61. The Kier molecular flexibility index (Phi) is 6.77. The van der Waals surface area contributed by atoms with Crippen molar-refractivity contribution in [3.05, 3.63) is 0 Å². The summed E-state index contributed by atoms with van der Waals surface area (Å²) in [6, 6.07) is -0.781. The summed E-state index contributed by atoms with van der Waals surface area (Å²) < 4.78 is 0. The smallest absolute Gasteiger partial charge is 0.326 e. The number of carboxylic acids is 1. The molecule has 0 fully saturated rings. The molecule has 1 unspecified atom stereocenters. The molecule has 4 nitrogen and oxygen atoms in total. The topological polar surface area (TPSA) is 66.4 Å². The fourth-order valence-corrected chi connectivity index (χ4v) is 1.45. The van der Waals surface area contributed by atoms with E-state index >= 15 is 0 Å². The third kappa shape index (κ3) is 5.14. The molecule has 0 aromatic rings. The lowest BCUT2D eigenvalue weighted by molar-refractivity contribution is -0.143. The number of carbonyl (C=O) groups is 2. The van der Waals surface area contributed by atoms with Crippen LogP contribution in [0.15, 0.2) is 0 Å². The Labute approximate surface area is 97.4 Å². The zero-order chi connectivity index (χ0) is 12.7. The molecule has 0 aromatic carbocycles. The molecule has 0 spiro atoms. The Hall–Kier alpha value is -1.06. The van der Waals surface area contributed by atoms with Gasteiger partial charge in [-0.25, -0.2) is 4.79 Å². The van der Waals surface area contributed by atoms with Crippen molar-refractivity contribution < 1.29 is 14.7 Å². The van der Waals surface area contributed by atoms with Gasteiger partial charge in [0.2, 0.25) is 5.91 Å². The number of rotatable bonds is 7. The highest BCUT2D eigenvalue weighted by molar-refractivity contribution is 5.84. The van der Waals surface area contributed by atoms with Crippen LogP contribution in [0.3, 0.4) is 0 Å². The molecular formula is C12H23NO3. The largest absolute Gasteiger partial charge is 0.480 e. The van der Waals surface area contributed by atoms with Crippen molar-refractivity contribution in [2.45, 2.75) is 53.0 Å². The summed E-state index contributed by atoms with van der Waals surface area (Å²) in [5, 5.41) is 11.5. The van der Waals surface area contributed by atoms with Crippen molar-refractivity contribution in [3.63, 3.8) is 0 Å². The maximum absolute atomic E-state index is 11.7. The number of hydrogen-bond donors (Lipinski definition) is 2. The van der Waals surface area contributed by atoms with Gasteiger partial charge in [-0.15, -0.1) is 0 Å². The van der Waals surface area contributed by atoms with Gasteiger partial charge in [0.15, 0.2) is 0 Å². The predicted octanol–water partition coefficient (Wildman–Crippen LogP) is 2.04. The highest BCUT2D eigenvalue weighted by Crippen LogP contribution is 2.09. The minimum Gasteiger partial charge on any atom is -0.480 e. The SMILES string of the molecule is CCCCC(C)C(=O)N[C@H](C(=O)O)C(C)C. The second-order valence-corrected chi connectivity index (χ2v) is 4.61. The van der Waals surface area contributed by atoms with Crippen LogP contribution in [0.4, 0.5) is 0 Å². The van der Waals surface area contributed by atoms with E-state index in [1.54, 1.807) is 13.8 Å². The molecule has 0 radical (unpaired) electrons. The van der Waals surface area contributed by atoms with E-state index in [1.807, 2.05) is 6.92 Å². The van der Waals surface area contributed by atoms with Gasteiger partial charge in [0.25, 0.3) is 0 Å². The van der Waals surface area contributed by atoms with Crippen molar-refractivity contribution in [3.8, 4) is 0 Å². The Bertz CT molecular complexity index is 238. The molecule has 0 bridgehead atoms. The van der Waals surface area contributed by atoms with Crippen LogP contribution in [-0.4, -0.2) is 23.0 Å². The highest BCUT2D eigenvalue weighted by Gasteiger charge is 2.25. The zero-order valence-corrected chi connectivity index (χ0v) is 10.6. The normalized spacial score (nSPS) is 14.6. The van der Waals surface area contributed by atoms with Crippen molar-refractivity contribution in [2.75, 3.05) is 0 Å². The lowest BCUT2D eigenvalue weighted by Crippen LogP contribution is -2.46. The third-order valence-electron chi connectivity index (χ3n) is 2.67. The van der Waals surface area contributed by atoms with E-state index in [2.05, 4.69) is 12.2 Å². The van der Waals surface area contributed by atoms with Gasteiger partial charge in [-0.1, -0.05) is 40.5 Å². The molecular weight excluding hydrogens is 206 g/mol. The summed E-state index contributed by atoms with van der Waals surface area (Å²) in [7, 11) is 0. The summed E-state index contributed by atoms with van der Waals surface area (Å²) in [6.07, 6.45) is 2.85. The Balaban J connectivity index is 4.24. The van der Waals surface area contributed by atoms with Gasteiger partial charge in [-0.2, -0.15) is 0 Å². The first kappa shape index (κ1) is 14.9. The summed E-state index contributed by atoms with van der Waals surface area (Å²) in [4.78, 5) is 22.6. The predicted molar refractivity (Wildman–Crippen MR) is 63.1 cm³/mol. The molecule has 2 atom stereocenters. The molecule has 2 N–H and O–H groups in total. The molecule has 0 saturated carbocycles. The standard InChI is InChI=1S/C12H23NO3/c1-5-6-7-9(4)11(14)13-10(8(2)3)12(15)16/h8-10H,5-7H2,1-4H3,(H,13,14)(H,15,16)/t9?,10-/m0/s1. The highest BCUT2D eigenvalue weighted by atomic mass is 16.4. The maximum Gasteiger partial charge on any atom is 0.326 e. The van der Waals surface area contributed by atoms with Crippen molar-refractivity contribution in [1.82, 2.24) is 5.32 Å². The number of unbranched alkanes of at least 4 members (excludes halogenated alkanes) is 1. The monoisotopic (exact) mass is 229 g/mol. The van der Waals surface area contributed by atoms with Crippen LogP contribution in [0, 0.1) is 11.8 Å². The van der Waals surface area contributed by atoms with Crippen LogP contribution >= 0.6 is 0 Å². The first-order valence-corrected chi connectivity index (χ1v) is 5.93. The van der Waals surface area contributed by atoms with Crippen LogP contribution in [0.5, 0.6) is 0 Å². The van der Waals surface area contributed by atoms with Gasteiger partial charge in [-0.3, -0.25) is 4.79 Å². The molecule has 16 heavy (non-hydrogen) atoms. The van der Waals surface area contributed by atoms with E-state index in [1.165, 1.54) is 0 Å². The van der Waals surface area contributed by atoms with E-state index in [0.717, 1.165) is 19.3 Å². The minimum absolute atomic E-state index is 0.0974. The summed E-state index contributed by atoms with van der Waals surface area (Å²) in [5.41, 5.74) is 0. The van der Waals surface area contributed by atoms with Crippen LogP contribution in [-0.2, 0) is 9.59 Å². The Morgan fingerprint density at radius 1 is 1.25 bits per heavy atom. The lowest BCUT2D eigenvalue weighted by Gasteiger charge is -2.20. The lowest BCUT2D eigenvalue weighted by atomic mass is 10.0. The van der Waals surface area contributed by atoms with E-state index < -0.39 is 12.0 Å². The molecule has 0 aliphatic heterocycles. The van der Waals surface area contributed by atoms with Gasteiger partial charge < -0.3 is 10.4 Å². The molecule has 94 valence electrons. The average Bonchev–Trinajstić information content (AvgIpc) is 2.20. The summed E-state index contributed by atoms with van der Waals surface area (Å²) in [5.74, 6) is -1.33. The molecule has 0 saturated heterocycles. The fraction of sp³-hybridized carbons (Fsp3) is 0.833. The van der Waals surface area contributed by atoms with Gasteiger partial charge >= 0.3 is 5.97 Å². The summed E-state index contributed by atoms with van der Waals surface area (Å²) >= 11 is 0. The number of aliphatic carboxylic acids is 1. The first-order valence-electron chi connectivity index (χ1n) is 5.93. The molecule has 0 aliphatic carbocycles.